The fraction of sp³-hybridized carbons (Fsp3) is 1.00. The monoisotopic (exact) mass is 160 g/mol. The Bertz CT molecular complexity index is 72.5. The smallest absolute Gasteiger partial charge is 0.0941 e. The first-order valence-corrected chi connectivity index (χ1v) is 4.36. The van der Waals surface area contributed by atoms with E-state index < -0.39 is 0 Å². The highest BCUT2D eigenvalue weighted by Gasteiger charge is 2.04. The number of nitrogens with one attached hydrogen (secondary N) is 1. The number of likely N-dealkylation sites (N-methyl/N-ethyl adjacent to an activating group) is 1. The lowest BCUT2D eigenvalue weighted by Gasteiger charge is -2.15. The Kier molecular flexibility index (Phi) is 7.89. The molecule has 3 nitrogen and oxygen atoms in total. The van der Waals surface area contributed by atoms with E-state index in [9.17, 15) is 0 Å². The van der Waals surface area contributed by atoms with Gasteiger partial charge in [-0.1, -0.05) is 20.3 Å². The van der Waals surface area contributed by atoms with Gasteiger partial charge in [-0.05, 0) is 13.0 Å². The first-order chi connectivity index (χ1) is 5.35. The topological polar surface area (TPSA) is 47.3 Å². The second-order valence-corrected chi connectivity index (χ2v) is 2.58. The lowest BCUT2D eigenvalue weighted by atomic mass is 10.2. The van der Waals surface area contributed by atoms with Crippen molar-refractivity contribution in [1.82, 2.24) is 5.32 Å². The van der Waals surface area contributed by atoms with Crippen LogP contribution in [0.5, 0.6) is 0 Å². The van der Waals surface area contributed by atoms with Crippen LogP contribution in [0.25, 0.3) is 0 Å². The molecule has 0 rings (SSSR count). The highest BCUT2D eigenvalue weighted by molar-refractivity contribution is 4.63. The van der Waals surface area contributed by atoms with Crippen molar-refractivity contribution in [2.24, 2.45) is 5.73 Å². The zero-order chi connectivity index (χ0) is 8.53. The minimum Gasteiger partial charge on any atom is -0.365 e. The molecule has 0 saturated carbocycles. The number of ether oxygens (including phenoxy) is 1. The minimum atomic E-state index is 0.325. The molecule has 0 amide bonds. The van der Waals surface area contributed by atoms with Crippen LogP contribution in [-0.4, -0.2) is 25.9 Å². The molecule has 0 aliphatic carbocycles. The van der Waals surface area contributed by atoms with Crippen LogP contribution >= 0.6 is 0 Å². The van der Waals surface area contributed by atoms with Gasteiger partial charge in [-0.15, -0.1) is 0 Å². The van der Waals surface area contributed by atoms with Gasteiger partial charge in [0.25, 0.3) is 0 Å². The van der Waals surface area contributed by atoms with Gasteiger partial charge in [-0.25, -0.2) is 0 Å². The Labute approximate surface area is 69.3 Å². The molecule has 0 spiro atoms. The van der Waals surface area contributed by atoms with Gasteiger partial charge in [-0.2, -0.15) is 0 Å². The van der Waals surface area contributed by atoms with Crippen molar-refractivity contribution in [3.63, 3.8) is 0 Å². The van der Waals surface area contributed by atoms with Crippen LogP contribution in [-0.2, 0) is 4.74 Å². The SMILES string of the molecule is CCCC(COCN)NCC. The molecular weight excluding hydrogens is 140 g/mol. The quantitative estimate of drug-likeness (QED) is 0.539. The van der Waals surface area contributed by atoms with Crippen LogP contribution in [0.1, 0.15) is 26.7 Å². The average Bonchev–Trinajstić information content (AvgIpc) is 2.01. The van der Waals surface area contributed by atoms with E-state index in [0.717, 1.165) is 19.6 Å². The Balaban J connectivity index is 3.34. The van der Waals surface area contributed by atoms with Crippen molar-refractivity contribution in [3.05, 3.63) is 0 Å². The van der Waals surface area contributed by atoms with Gasteiger partial charge in [0.1, 0.15) is 0 Å². The van der Waals surface area contributed by atoms with Crippen molar-refractivity contribution in [3.8, 4) is 0 Å². The van der Waals surface area contributed by atoms with E-state index >= 15 is 0 Å². The maximum absolute atomic E-state index is 5.22. The van der Waals surface area contributed by atoms with E-state index in [1.165, 1.54) is 6.42 Å². The Morgan fingerprint density at radius 1 is 1.45 bits per heavy atom. The second kappa shape index (κ2) is 7.98. The molecule has 11 heavy (non-hydrogen) atoms. The maximum Gasteiger partial charge on any atom is 0.0941 e. The highest BCUT2D eigenvalue weighted by Crippen LogP contribution is 1.96. The van der Waals surface area contributed by atoms with Gasteiger partial charge < -0.3 is 15.8 Å². The zero-order valence-corrected chi connectivity index (χ0v) is 7.60. The van der Waals surface area contributed by atoms with Crippen molar-refractivity contribution in [1.29, 1.82) is 0 Å². The molecule has 0 fully saturated rings. The van der Waals surface area contributed by atoms with E-state index in [0.29, 0.717) is 12.8 Å². The summed E-state index contributed by atoms with van der Waals surface area (Å²) < 4.78 is 5.12. The average molecular weight is 160 g/mol. The van der Waals surface area contributed by atoms with Crippen molar-refractivity contribution in [2.45, 2.75) is 32.7 Å². The summed E-state index contributed by atoms with van der Waals surface area (Å²) in [6.45, 7) is 6.33. The van der Waals surface area contributed by atoms with Gasteiger partial charge in [-0.3, -0.25) is 0 Å². The molecule has 0 aliphatic rings. The van der Waals surface area contributed by atoms with E-state index in [-0.39, 0.29) is 0 Å². The number of hydrogen-bond donors (Lipinski definition) is 2. The number of rotatable bonds is 7. The fourth-order valence-corrected chi connectivity index (χ4v) is 1.09. The highest BCUT2D eigenvalue weighted by atomic mass is 16.5. The van der Waals surface area contributed by atoms with Crippen LogP contribution in [0.4, 0.5) is 0 Å². The standard InChI is InChI=1S/C8H20N2O/c1-3-5-8(10-4-2)6-11-7-9/h8,10H,3-7,9H2,1-2H3. The normalized spacial score (nSPS) is 13.4. The summed E-state index contributed by atoms with van der Waals surface area (Å²) in [5.74, 6) is 0. The van der Waals surface area contributed by atoms with E-state index in [1.54, 1.807) is 0 Å². The number of hydrogen-bond acceptors (Lipinski definition) is 3. The summed E-state index contributed by atoms with van der Waals surface area (Å²) >= 11 is 0. The molecule has 1 unspecified atom stereocenters. The number of nitrogens with two attached hydrogens (primary N) is 1. The molecule has 0 bridgehead atoms. The summed E-state index contributed by atoms with van der Waals surface area (Å²) in [7, 11) is 0. The summed E-state index contributed by atoms with van der Waals surface area (Å²) in [5, 5.41) is 3.34. The molecule has 0 heterocycles. The molecule has 3 N–H and O–H groups in total. The first kappa shape index (κ1) is 10.9. The Hall–Kier alpha value is -0.120. The Morgan fingerprint density at radius 2 is 2.18 bits per heavy atom. The lowest BCUT2D eigenvalue weighted by molar-refractivity contribution is 0.114. The third-order valence-corrected chi connectivity index (χ3v) is 1.57. The van der Waals surface area contributed by atoms with Gasteiger partial charge >= 0.3 is 0 Å². The molecule has 0 aromatic carbocycles. The predicted molar refractivity (Wildman–Crippen MR) is 47.4 cm³/mol. The van der Waals surface area contributed by atoms with E-state index in [2.05, 4.69) is 19.2 Å². The van der Waals surface area contributed by atoms with Crippen LogP contribution < -0.4 is 11.1 Å². The van der Waals surface area contributed by atoms with Crippen LogP contribution in [0.15, 0.2) is 0 Å². The Morgan fingerprint density at radius 3 is 2.64 bits per heavy atom. The largest absolute Gasteiger partial charge is 0.365 e. The molecule has 3 heteroatoms. The minimum absolute atomic E-state index is 0.325. The molecule has 1 atom stereocenters. The molecule has 0 radical (unpaired) electrons. The van der Waals surface area contributed by atoms with Gasteiger partial charge in [0.05, 0.1) is 13.3 Å². The fourth-order valence-electron chi connectivity index (χ4n) is 1.09. The second-order valence-electron chi connectivity index (χ2n) is 2.58. The molecule has 0 saturated heterocycles. The van der Waals surface area contributed by atoms with Crippen LogP contribution in [0.2, 0.25) is 0 Å². The van der Waals surface area contributed by atoms with Crippen LogP contribution in [0.3, 0.4) is 0 Å². The molecular formula is C8H20N2O. The molecule has 0 aliphatic heterocycles. The summed E-state index contributed by atoms with van der Waals surface area (Å²) in [6.07, 6.45) is 2.35. The van der Waals surface area contributed by atoms with E-state index in [1.807, 2.05) is 0 Å². The van der Waals surface area contributed by atoms with Crippen molar-refractivity contribution < 1.29 is 4.74 Å². The van der Waals surface area contributed by atoms with Crippen molar-refractivity contribution >= 4 is 0 Å². The third kappa shape index (κ3) is 6.28. The molecule has 68 valence electrons. The van der Waals surface area contributed by atoms with Crippen LogP contribution in [0, 0.1) is 0 Å². The zero-order valence-electron chi connectivity index (χ0n) is 7.60. The van der Waals surface area contributed by atoms with E-state index in [4.69, 9.17) is 10.5 Å². The summed E-state index contributed by atoms with van der Waals surface area (Å²) in [5.41, 5.74) is 5.22. The lowest BCUT2D eigenvalue weighted by Crippen LogP contribution is -2.33. The van der Waals surface area contributed by atoms with Gasteiger partial charge in [0, 0.05) is 6.04 Å². The first-order valence-electron chi connectivity index (χ1n) is 4.36. The van der Waals surface area contributed by atoms with Gasteiger partial charge in [0.2, 0.25) is 0 Å². The predicted octanol–water partition coefficient (Wildman–Crippen LogP) is 0.697. The summed E-state index contributed by atoms with van der Waals surface area (Å²) in [6, 6.07) is 0.480. The summed E-state index contributed by atoms with van der Waals surface area (Å²) in [4.78, 5) is 0. The third-order valence-electron chi connectivity index (χ3n) is 1.57. The molecule has 0 aromatic rings. The van der Waals surface area contributed by atoms with Crippen molar-refractivity contribution in [2.75, 3.05) is 19.9 Å². The van der Waals surface area contributed by atoms with Gasteiger partial charge in [0.15, 0.2) is 0 Å². The molecule has 0 aromatic heterocycles. The maximum atomic E-state index is 5.22.